The van der Waals surface area contributed by atoms with Gasteiger partial charge in [-0.15, -0.1) is 0 Å². The van der Waals surface area contributed by atoms with Crippen molar-refractivity contribution in [1.29, 1.82) is 0 Å². The predicted octanol–water partition coefficient (Wildman–Crippen LogP) is 10.7. The van der Waals surface area contributed by atoms with Crippen LogP contribution in [0.3, 0.4) is 0 Å². The van der Waals surface area contributed by atoms with Crippen LogP contribution in [0.25, 0.3) is 0 Å². The lowest BCUT2D eigenvalue weighted by molar-refractivity contribution is 0.0943. The first-order valence-electron chi connectivity index (χ1n) is 18.7. The molecule has 0 aromatic carbocycles. The summed E-state index contributed by atoms with van der Waals surface area (Å²) in [7, 11) is -2.00. The van der Waals surface area contributed by atoms with E-state index in [1.807, 2.05) is 0 Å². The van der Waals surface area contributed by atoms with Gasteiger partial charge < -0.3 is 14.9 Å². The van der Waals surface area contributed by atoms with E-state index in [9.17, 15) is 10.2 Å². The average Bonchev–Trinajstić information content (AvgIpc) is 2.95. The van der Waals surface area contributed by atoms with Crippen LogP contribution >= 0.6 is 0 Å². The van der Waals surface area contributed by atoms with E-state index in [0.717, 1.165) is 38.9 Å². The Morgan fingerprint density at radius 3 is 0.902 bits per heavy atom. The van der Waals surface area contributed by atoms with Crippen molar-refractivity contribution in [2.45, 2.75) is 217 Å². The summed E-state index contributed by atoms with van der Waals surface area (Å²) in [6.07, 6.45) is 32.7. The highest BCUT2D eigenvalue weighted by atomic mass is 28.3. The van der Waals surface area contributed by atoms with Crippen molar-refractivity contribution in [3.05, 3.63) is 0 Å². The van der Waals surface area contributed by atoms with E-state index in [0.29, 0.717) is 0 Å². The van der Waals surface area contributed by atoms with Crippen LogP contribution in [0.5, 0.6) is 0 Å². The summed E-state index contributed by atoms with van der Waals surface area (Å²) in [5.74, 6) is 0. The number of rotatable bonds is 32. The van der Waals surface area contributed by atoms with Crippen molar-refractivity contribution >= 4 is 17.6 Å². The van der Waals surface area contributed by atoms with Crippen LogP contribution in [0, 0.1) is 0 Å². The lowest BCUT2D eigenvalue weighted by Gasteiger charge is -2.32. The molecule has 0 amide bonds. The minimum absolute atomic E-state index is 0.295. The molecule has 2 atom stereocenters. The van der Waals surface area contributed by atoms with Gasteiger partial charge in [-0.1, -0.05) is 168 Å². The molecule has 0 bridgehead atoms. The van der Waals surface area contributed by atoms with Gasteiger partial charge in [-0.2, -0.15) is 0 Å². The highest BCUT2D eigenvalue weighted by molar-refractivity contribution is 6.59. The second kappa shape index (κ2) is 27.8. The highest BCUT2D eigenvalue weighted by Crippen LogP contribution is 2.26. The molecule has 0 saturated carbocycles. The molecule has 0 aliphatic rings. The van der Waals surface area contributed by atoms with Gasteiger partial charge in [0.1, 0.15) is 0 Å². The van der Waals surface area contributed by atoms with Gasteiger partial charge in [0.05, 0.1) is 28.0 Å². The standard InChI is InChI=1S/C36H78O3Si2/c1-7-9-29-35(37,40(3)4)31-25-21-17-13-11-15-19-23-27-33-39-34-28-24-20-16-12-14-18-22-26-32-36(38,41(5)6)30-10-8-2/h37-38,40-41H,7-34H2,1-6H3. The minimum atomic E-state index is -1.00. The monoisotopic (exact) mass is 615 g/mol. The molecule has 0 aliphatic carbocycles. The summed E-state index contributed by atoms with van der Waals surface area (Å²) in [6, 6.07) is 0. The zero-order chi connectivity index (χ0) is 30.7. The average molecular weight is 615 g/mol. The van der Waals surface area contributed by atoms with E-state index in [1.165, 1.54) is 141 Å². The minimum Gasteiger partial charge on any atom is -0.394 e. The Balaban J connectivity index is 3.38. The molecule has 0 fully saturated rings. The lowest BCUT2D eigenvalue weighted by atomic mass is 10.0. The third kappa shape index (κ3) is 23.4. The Labute approximate surface area is 262 Å². The SMILES string of the molecule is CCCCC(O)(CCCCCCCCCCCOCCCCCCCCCCCC(O)(CCCC)[SiH](C)C)[SiH](C)C. The molecule has 0 rings (SSSR count). The van der Waals surface area contributed by atoms with Crippen LogP contribution in [-0.2, 0) is 4.74 Å². The summed E-state index contributed by atoms with van der Waals surface area (Å²) in [5, 5.41) is 21.4. The lowest BCUT2D eigenvalue weighted by Crippen LogP contribution is -2.42. The van der Waals surface area contributed by atoms with Gasteiger partial charge in [-0.3, -0.25) is 0 Å². The first-order valence-corrected chi connectivity index (χ1v) is 24.5. The van der Waals surface area contributed by atoms with Gasteiger partial charge in [0.15, 0.2) is 0 Å². The van der Waals surface area contributed by atoms with E-state index >= 15 is 0 Å². The fourth-order valence-electron chi connectivity index (χ4n) is 6.22. The molecule has 248 valence electrons. The fraction of sp³-hybridized carbons (Fsp3) is 1.00. The Kier molecular flexibility index (Phi) is 28.0. The van der Waals surface area contributed by atoms with Gasteiger partial charge in [0.2, 0.25) is 0 Å². The van der Waals surface area contributed by atoms with Crippen LogP contribution in [0.2, 0.25) is 26.2 Å². The van der Waals surface area contributed by atoms with Gasteiger partial charge in [0, 0.05) is 13.2 Å². The first kappa shape index (κ1) is 41.3. The molecule has 0 aromatic rings. The Morgan fingerprint density at radius 1 is 0.390 bits per heavy atom. The molecule has 5 heteroatoms. The molecule has 0 aliphatic heterocycles. The quantitative estimate of drug-likeness (QED) is 0.0585. The number of ether oxygens (including phenoxy) is 1. The van der Waals surface area contributed by atoms with Crippen LogP contribution in [0.4, 0.5) is 0 Å². The van der Waals surface area contributed by atoms with E-state index in [1.54, 1.807) is 0 Å². The Hall–Kier alpha value is 0.314. The topological polar surface area (TPSA) is 49.7 Å². The van der Waals surface area contributed by atoms with Gasteiger partial charge in [0.25, 0.3) is 0 Å². The maximum atomic E-state index is 11.0. The number of unbranched alkanes of at least 4 members (excludes halogenated alkanes) is 18. The molecule has 0 aromatic heterocycles. The van der Waals surface area contributed by atoms with Gasteiger partial charge >= 0.3 is 0 Å². The van der Waals surface area contributed by atoms with Gasteiger partial charge in [-0.25, -0.2) is 0 Å². The normalized spacial score (nSPS) is 15.1. The smallest absolute Gasteiger partial charge is 0.0691 e. The van der Waals surface area contributed by atoms with Crippen molar-refractivity contribution in [3.63, 3.8) is 0 Å². The molecular weight excluding hydrogens is 537 g/mol. The molecule has 0 heterocycles. The predicted molar refractivity (Wildman–Crippen MR) is 190 cm³/mol. The zero-order valence-corrected chi connectivity index (χ0v) is 31.6. The molecule has 2 unspecified atom stereocenters. The summed E-state index contributed by atoms with van der Waals surface area (Å²) < 4.78 is 5.88. The molecular formula is C36H78O3Si2. The van der Waals surface area contributed by atoms with Crippen molar-refractivity contribution in [1.82, 2.24) is 0 Å². The van der Waals surface area contributed by atoms with Crippen LogP contribution in [-0.4, -0.2) is 51.5 Å². The second-order valence-electron chi connectivity index (χ2n) is 14.2. The molecule has 2 N–H and O–H groups in total. The first-order chi connectivity index (χ1) is 19.7. The van der Waals surface area contributed by atoms with Crippen molar-refractivity contribution in [2.75, 3.05) is 13.2 Å². The van der Waals surface area contributed by atoms with Crippen molar-refractivity contribution < 1.29 is 14.9 Å². The van der Waals surface area contributed by atoms with Crippen LogP contribution < -0.4 is 0 Å². The number of hydrogen-bond acceptors (Lipinski definition) is 3. The third-order valence-electron chi connectivity index (χ3n) is 9.87. The Morgan fingerprint density at radius 2 is 0.634 bits per heavy atom. The van der Waals surface area contributed by atoms with E-state index in [-0.39, 0.29) is 10.4 Å². The summed E-state index contributed by atoms with van der Waals surface area (Å²) in [6.45, 7) is 15.6. The Bertz CT molecular complexity index is 499. The molecule has 0 radical (unpaired) electrons. The number of aliphatic hydroxyl groups is 2. The summed E-state index contributed by atoms with van der Waals surface area (Å²) in [4.78, 5) is 0. The molecule has 0 saturated heterocycles. The summed E-state index contributed by atoms with van der Waals surface area (Å²) >= 11 is 0. The second-order valence-corrected chi connectivity index (χ2v) is 21.0. The zero-order valence-electron chi connectivity index (χ0n) is 29.3. The maximum Gasteiger partial charge on any atom is 0.0691 e. The van der Waals surface area contributed by atoms with Crippen molar-refractivity contribution in [2.24, 2.45) is 0 Å². The summed E-state index contributed by atoms with van der Waals surface area (Å²) in [5.41, 5.74) is 0. The largest absolute Gasteiger partial charge is 0.394 e. The highest BCUT2D eigenvalue weighted by Gasteiger charge is 2.31. The van der Waals surface area contributed by atoms with E-state index in [2.05, 4.69) is 40.0 Å². The van der Waals surface area contributed by atoms with Crippen molar-refractivity contribution in [3.8, 4) is 0 Å². The van der Waals surface area contributed by atoms with E-state index < -0.39 is 17.6 Å². The van der Waals surface area contributed by atoms with Crippen LogP contribution in [0.15, 0.2) is 0 Å². The van der Waals surface area contributed by atoms with Gasteiger partial charge in [-0.05, 0) is 38.5 Å². The maximum absolute atomic E-state index is 11.0. The third-order valence-corrected chi connectivity index (χ3v) is 15.3. The molecule has 0 spiro atoms. The van der Waals surface area contributed by atoms with Crippen LogP contribution in [0.1, 0.15) is 181 Å². The van der Waals surface area contributed by atoms with E-state index in [4.69, 9.17) is 4.74 Å². The molecule has 3 nitrogen and oxygen atoms in total. The fourth-order valence-corrected chi connectivity index (χ4v) is 9.34. The number of hydrogen-bond donors (Lipinski definition) is 2. The molecule has 41 heavy (non-hydrogen) atoms.